The highest BCUT2D eigenvalue weighted by atomic mass is 16.4. The van der Waals surface area contributed by atoms with Crippen LogP contribution >= 0.6 is 0 Å². The van der Waals surface area contributed by atoms with Crippen molar-refractivity contribution in [3.8, 4) is 0 Å². The number of hydrogen-bond donors (Lipinski definition) is 2. The van der Waals surface area contributed by atoms with Crippen LogP contribution in [0.25, 0.3) is 0 Å². The molecule has 0 radical (unpaired) electrons. The van der Waals surface area contributed by atoms with Crippen molar-refractivity contribution < 1.29 is 14.7 Å². The van der Waals surface area contributed by atoms with Crippen LogP contribution in [0.5, 0.6) is 0 Å². The molecule has 0 bridgehead atoms. The van der Waals surface area contributed by atoms with Crippen LogP contribution in [-0.2, 0) is 9.59 Å². The van der Waals surface area contributed by atoms with Crippen molar-refractivity contribution in [2.24, 2.45) is 11.1 Å². The number of carboxylic acid groups (broad SMARTS) is 1. The molecule has 1 saturated heterocycles. The van der Waals surface area contributed by atoms with Crippen LogP contribution in [0.15, 0.2) is 0 Å². The van der Waals surface area contributed by atoms with Crippen molar-refractivity contribution in [2.75, 3.05) is 19.6 Å². The summed E-state index contributed by atoms with van der Waals surface area (Å²) in [5.41, 5.74) is 4.47. The van der Waals surface area contributed by atoms with Gasteiger partial charge in [-0.2, -0.15) is 0 Å². The van der Waals surface area contributed by atoms with E-state index in [-0.39, 0.29) is 12.5 Å². The molecule has 14 heavy (non-hydrogen) atoms. The number of rotatable bonds is 3. The number of carboxylic acids is 1. The van der Waals surface area contributed by atoms with E-state index < -0.39 is 11.4 Å². The summed E-state index contributed by atoms with van der Waals surface area (Å²) in [7, 11) is 0. The summed E-state index contributed by atoms with van der Waals surface area (Å²) in [6.45, 7) is 2.61. The second-order valence-electron chi connectivity index (χ2n) is 3.71. The molecule has 0 aromatic rings. The highest BCUT2D eigenvalue weighted by Crippen LogP contribution is 2.33. The molecule has 80 valence electrons. The van der Waals surface area contributed by atoms with Gasteiger partial charge in [-0.15, -0.1) is 0 Å². The van der Waals surface area contributed by atoms with E-state index >= 15 is 0 Å². The van der Waals surface area contributed by atoms with Crippen molar-refractivity contribution >= 4 is 11.9 Å². The molecule has 1 aliphatic rings. The molecule has 0 saturated carbocycles. The van der Waals surface area contributed by atoms with E-state index in [0.717, 1.165) is 0 Å². The van der Waals surface area contributed by atoms with Gasteiger partial charge in [0.1, 0.15) is 0 Å². The van der Waals surface area contributed by atoms with Gasteiger partial charge in [0, 0.05) is 13.1 Å². The first kappa shape index (κ1) is 11.0. The maximum absolute atomic E-state index is 11.2. The summed E-state index contributed by atoms with van der Waals surface area (Å²) in [6, 6.07) is 0. The third-order valence-corrected chi connectivity index (χ3v) is 3.01. The quantitative estimate of drug-likeness (QED) is 0.652. The third-order valence-electron chi connectivity index (χ3n) is 3.01. The fraction of sp³-hybridized carbons (Fsp3) is 0.778. The number of nitrogens with two attached hydrogens (primary N) is 1. The normalized spacial score (nSPS) is 26.6. The van der Waals surface area contributed by atoms with Gasteiger partial charge in [-0.05, 0) is 12.8 Å². The molecule has 3 N–H and O–H groups in total. The predicted molar refractivity (Wildman–Crippen MR) is 50.6 cm³/mol. The Bertz CT molecular complexity index is 254. The molecule has 1 unspecified atom stereocenters. The maximum atomic E-state index is 11.2. The minimum atomic E-state index is -0.813. The Morgan fingerprint density at radius 3 is 2.57 bits per heavy atom. The predicted octanol–water partition coefficient (Wildman–Crippen LogP) is -0.342. The lowest BCUT2D eigenvalue weighted by Gasteiger charge is -2.22. The van der Waals surface area contributed by atoms with Crippen molar-refractivity contribution in [2.45, 2.75) is 19.8 Å². The lowest BCUT2D eigenvalue weighted by atomic mass is 9.84. The maximum Gasteiger partial charge on any atom is 0.311 e. The minimum absolute atomic E-state index is 0.0422. The average molecular weight is 200 g/mol. The molecule has 5 heteroatoms. The second kappa shape index (κ2) is 3.96. The van der Waals surface area contributed by atoms with Gasteiger partial charge in [0.05, 0.1) is 12.0 Å². The van der Waals surface area contributed by atoms with Crippen LogP contribution in [0.1, 0.15) is 19.8 Å². The smallest absolute Gasteiger partial charge is 0.311 e. The van der Waals surface area contributed by atoms with Crippen LogP contribution in [0.4, 0.5) is 0 Å². The summed E-state index contributed by atoms with van der Waals surface area (Å²) < 4.78 is 0. The number of hydrogen-bond acceptors (Lipinski definition) is 3. The molecule has 0 aliphatic carbocycles. The van der Waals surface area contributed by atoms with Gasteiger partial charge >= 0.3 is 5.97 Å². The molecule has 1 atom stereocenters. The Balaban J connectivity index is 2.71. The molecule has 1 amide bonds. The van der Waals surface area contributed by atoms with E-state index in [2.05, 4.69) is 0 Å². The summed E-state index contributed by atoms with van der Waals surface area (Å²) in [4.78, 5) is 23.8. The van der Waals surface area contributed by atoms with E-state index in [4.69, 9.17) is 10.8 Å². The number of nitrogens with zero attached hydrogens (tertiary/aromatic N) is 1. The Morgan fingerprint density at radius 2 is 2.21 bits per heavy atom. The molecule has 0 aromatic carbocycles. The molecular weight excluding hydrogens is 184 g/mol. The SMILES string of the molecule is CCC1(C(=O)O)CCN(C(=O)CN)C1. The number of carbonyl (C=O) groups is 2. The molecule has 1 heterocycles. The summed E-state index contributed by atoms with van der Waals surface area (Å²) >= 11 is 0. The number of aliphatic carboxylic acids is 1. The average Bonchev–Trinajstić information content (AvgIpc) is 2.62. The molecule has 1 aliphatic heterocycles. The Kier molecular flexibility index (Phi) is 3.10. The first-order valence-corrected chi connectivity index (χ1v) is 4.77. The van der Waals surface area contributed by atoms with Crippen LogP contribution < -0.4 is 5.73 Å². The molecular formula is C9H16N2O3. The van der Waals surface area contributed by atoms with Crippen LogP contribution in [0, 0.1) is 5.41 Å². The molecule has 0 spiro atoms. The molecule has 1 rings (SSSR count). The highest BCUT2D eigenvalue weighted by Gasteiger charge is 2.44. The van der Waals surface area contributed by atoms with Gasteiger partial charge in [0.15, 0.2) is 0 Å². The van der Waals surface area contributed by atoms with E-state index in [1.165, 1.54) is 4.90 Å². The zero-order valence-electron chi connectivity index (χ0n) is 8.32. The first-order chi connectivity index (χ1) is 6.55. The van der Waals surface area contributed by atoms with Crippen molar-refractivity contribution in [1.29, 1.82) is 0 Å². The van der Waals surface area contributed by atoms with Gasteiger partial charge < -0.3 is 15.7 Å². The largest absolute Gasteiger partial charge is 0.481 e. The minimum Gasteiger partial charge on any atom is -0.481 e. The standard InChI is InChI=1S/C9H16N2O3/c1-2-9(8(13)14)3-4-11(6-9)7(12)5-10/h2-6,10H2,1H3,(H,13,14). The third kappa shape index (κ3) is 1.72. The van der Waals surface area contributed by atoms with E-state index in [0.29, 0.717) is 25.9 Å². The van der Waals surface area contributed by atoms with E-state index in [1.54, 1.807) is 0 Å². The number of likely N-dealkylation sites (tertiary alicyclic amines) is 1. The second-order valence-corrected chi connectivity index (χ2v) is 3.71. The lowest BCUT2D eigenvalue weighted by Crippen LogP contribution is -2.38. The molecule has 5 nitrogen and oxygen atoms in total. The topological polar surface area (TPSA) is 83.6 Å². The van der Waals surface area contributed by atoms with Gasteiger partial charge in [-0.25, -0.2) is 0 Å². The van der Waals surface area contributed by atoms with Crippen molar-refractivity contribution in [1.82, 2.24) is 4.90 Å². The van der Waals surface area contributed by atoms with Gasteiger partial charge in [0.2, 0.25) is 5.91 Å². The lowest BCUT2D eigenvalue weighted by molar-refractivity contribution is -0.148. The fourth-order valence-electron chi connectivity index (χ4n) is 1.83. The highest BCUT2D eigenvalue weighted by molar-refractivity contribution is 5.81. The summed E-state index contributed by atoms with van der Waals surface area (Å²) in [6.07, 6.45) is 1.08. The van der Waals surface area contributed by atoms with Crippen LogP contribution in [0.3, 0.4) is 0 Å². The number of amides is 1. The Morgan fingerprint density at radius 1 is 1.57 bits per heavy atom. The van der Waals surface area contributed by atoms with Crippen molar-refractivity contribution in [3.63, 3.8) is 0 Å². The van der Waals surface area contributed by atoms with E-state index in [9.17, 15) is 9.59 Å². The zero-order valence-corrected chi connectivity index (χ0v) is 8.32. The zero-order chi connectivity index (χ0) is 10.8. The molecule has 0 aromatic heterocycles. The summed E-state index contributed by atoms with van der Waals surface area (Å²) in [5.74, 6) is -0.978. The fourth-order valence-corrected chi connectivity index (χ4v) is 1.83. The van der Waals surface area contributed by atoms with Crippen LogP contribution in [0.2, 0.25) is 0 Å². The van der Waals surface area contributed by atoms with E-state index in [1.807, 2.05) is 6.92 Å². The Hall–Kier alpha value is -1.10. The summed E-state index contributed by atoms with van der Waals surface area (Å²) in [5, 5.41) is 9.07. The van der Waals surface area contributed by atoms with Crippen LogP contribution in [-0.4, -0.2) is 41.5 Å². The molecule has 1 fully saturated rings. The number of carbonyl (C=O) groups excluding carboxylic acids is 1. The van der Waals surface area contributed by atoms with Gasteiger partial charge in [-0.3, -0.25) is 9.59 Å². The monoisotopic (exact) mass is 200 g/mol. The van der Waals surface area contributed by atoms with Gasteiger partial charge in [0.25, 0.3) is 0 Å². The first-order valence-electron chi connectivity index (χ1n) is 4.77. The van der Waals surface area contributed by atoms with Crippen molar-refractivity contribution in [3.05, 3.63) is 0 Å². The Labute approximate surface area is 82.9 Å². The van der Waals surface area contributed by atoms with Gasteiger partial charge in [-0.1, -0.05) is 6.92 Å².